The number of carbonyl (C=O) groups is 1. The van der Waals surface area contributed by atoms with Crippen LogP contribution in [0, 0.1) is 0 Å². The molecule has 0 aliphatic heterocycles. The molecule has 0 aromatic rings. The SMILES string of the molecule is CCCCCCCCCC/C=C\CSC(=O)CCCCCCCC. The first-order chi connectivity index (χ1) is 11.8. The lowest BCUT2D eigenvalue weighted by Gasteiger charge is -2.00. The summed E-state index contributed by atoms with van der Waals surface area (Å²) in [5, 5.41) is 0.377. The van der Waals surface area contributed by atoms with Gasteiger partial charge in [-0.15, -0.1) is 0 Å². The zero-order valence-electron chi connectivity index (χ0n) is 16.5. The molecule has 0 aromatic carbocycles. The molecule has 0 rings (SSSR count). The minimum atomic E-state index is 0.377. The molecule has 24 heavy (non-hydrogen) atoms. The van der Waals surface area contributed by atoms with Crippen molar-refractivity contribution in [1.29, 1.82) is 0 Å². The molecule has 0 spiro atoms. The van der Waals surface area contributed by atoms with Crippen molar-refractivity contribution >= 4 is 16.9 Å². The van der Waals surface area contributed by atoms with Crippen LogP contribution in [0.1, 0.15) is 117 Å². The third kappa shape index (κ3) is 19.8. The fourth-order valence-corrected chi connectivity index (χ4v) is 3.55. The van der Waals surface area contributed by atoms with Crippen molar-refractivity contribution in [2.24, 2.45) is 0 Å². The fraction of sp³-hybridized carbons (Fsp3) is 0.864. The van der Waals surface area contributed by atoms with Crippen LogP contribution in [0.15, 0.2) is 12.2 Å². The Hall–Kier alpha value is -0.240. The van der Waals surface area contributed by atoms with Gasteiger partial charge in [-0.05, 0) is 19.3 Å². The predicted octanol–water partition coefficient (Wildman–Crippen LogP) is 8.08. The predicted molar refractivity (Wildman–Crippen MR) is 112 cm³/mol. The van der Waals surface area contributed by atoms with E-state index in [4.69, 9.17) is 0 Å². The second-order valence-electron chi connectivity index (χ2n) is 6.94. The van der Waals surface area contributed by atoms with Crippen molar-refractivity contribution < 1.29 is 4.79 Å². The maximum absolute atomic E-state index is 11.7. The lowest BCUT2D eigenvalue weighted by Crippen LogP contribution is -1.92. The highest BCUT2D eigenvalue weighted by Gasteiger charge is 2.00. The smallest absolute Gasteiger partial charge is 0.189 e. The second kappa shape index (κ2) is 20.8. The molecule has 142 valence electrons. The number of carbonyl (C=O) groups excluding carboxylic acids is 1. The van der Waals surface area contributed by atoms with E-state index in [1.807, 2.05) is 0 Å². The van der Waals surface area contributed by atoms with Crippen molar-refractivity contribution in [3.05, 3.63) is 12.2 Å². The molecule has 0 aliphatic rings. The van der Waals surface area contributed by atoms with E-state index in [0.717, 1.165) is 18.6 Å². The Morgan fingerprint density at radius 3 is 1.75 bits per heavy atom. The molecule has 0 unspecified atom stereocenters. The number of hydrogen-bond donors (Lipinski definition) is 0. The topological polar surface area (TPSA) is 17.1 Å². The molecule has 0 heterocycles. The molecular formula is C22H42OS. The highest BCUT2D eigenvalue weighted by Crippen LogP contribution is 2.13. The quantitative estimate of drug-likeness (QED) is 0.183. The minimum absolute atomic E-state index is 0.377. The van der Waals surface area contributed by atoms with Gasteiger partial charge in [0.2, 0.25) is 0 Å². The summed E-state index contributed by atoms with van der Waals surface area (Å²) in [6.45, 7) is 4.51. The average molecular weight is 355 g/mol. The van der Waals surface area contributed by atoms with Crippen LogP contribution in [0.3, 0.4) is 0 Å². The van der Waals surface area contributed by atoms with Crippen LogP contribution in [-0.4, -0.2) is 10.9 Å². The van der Waals surface area contributed by atoms with Gasteiger partial charge in [0.05, 0.1) is 0 Å². The zero-order chi connectivity index (χ0) is 17.7. The Kier molecular flexibility index (Phi) is 20.6. The summed E-state index contributed by atoms with van der Waals surface area (Å²) in [5.41, 5.74) is 0. The molecule has 0 N–H and O–H groups in total. The van der Waals surface area contributed by atoms with E-state index in [2.05, 4.69) is 26.0 Å². The van der Waals surface area contributed by atoms with E-state index in [9.17, 15) is 4.79 Å². The monoisotopic (exact) mass is 354 g/mol. The lowest BCUT2D eigenvalue weighted by atomic mass is 10.1. The van der Waals surface area contributed by atoms with Gasteiger partial charge in [-0.3, -0.25) is 4.79 Å². The number of allylic oxidation sites excluding steroid dienone is 1. The van der Waals surface area contributed by atoms with Crippen LogP contribution in [-0.2, 0) is 4.79 Å². The number of rotatable bonds is 18. The van der Waals surface area contributed by atoms with Crippen molar-refractivity contribution in [1.82, 2.24) is 0 Å². The van der Waals surface area contributed by atoms with E-state index in [1.165, 1.54) is 102 Å². The Labute approximate surface area is 156 Å². The molecule has 1 nitrogen and oxygen atoms in total. The van der Waals surface area contributed by atoms with Crippen LogP contribution in [0.5, 0.6) is 0 Å². The normalized spacial score (nSPS) is 11.4. The second-order valence-corrected chi connectivity index (χ2v) is 8.01. The van der Waals surface area contributed by atoms with Crippen molar-refractivity contribution in [2.75, 3.05) is 5.75 Å². The maximum atomic E-state index is 11.7. The lowest BCUT2D eigenvalue weighted by molar-refractivity contribution is -0.111. The van der Waals surface area contributed by atoms with Gasteiger partial charge in [-0.1, -0.05) is 115 Å². The summed E-state index contributed by atoms with van der Waals surface area (Å²) in [4.78, 5) is 11.7. The van der Waals surface area contributed by atoms with E-state index >= 15 is 0 Å². The molecule has 0 radical (unpaired) electrons. The summed E-state index contributed by atoms with van der Waals surface area (Å²) < 4.78 is 0. The Morgan fingerprint density at radius 1 is 0.667 bits per heavy atom. The average Bonchev–Trinajstić information content (AvgIpc) is 2.59. The van der Waals surface area contributed by atoms with Crippen molar-refractivity contribution in [3.63, 3.8) is 0 Å². The molecule has 0 saturated carbocycles. The van der Waals surface area contributed by atoms with E-state index in [-0.39, 0.29) is 0 Å². The third-order valence-corrected chi connectivity index (χ3v) is 5.35. The Balaban J connectivity index is 3.23. The standard InChI is InChI=1S/C22H42OS/c1-3-5-7-9-11-12-13-14-15-17-19-21-24-22(23)20-18-16-10-8-6-4-2/h17,19H,3-16,18,20-21H2,1-2H3/b19-17-. The minimum Gasteiger partial charge on any atom is -0.287 e. The van der Waals surface area contributed by atoms with Crippen LogP contribution in [0.4, 0.5) is 0 Å². The molecule has 0 amide bonds. The summed E-state index contributed by atoms with van der Waals surface area (Å²) >= 11 is 1.50. The van der Waals surface area contributed by atoms with Crippen LogP contribution in [0.25, 0.3) is 0 Å². The van der Waals surface area contributed by atoms with Crippen molar-refractivity contribution in [3.8, 4) is 0 Å². The molecule has 0 fully saturated rings. The molecule has 2 heteroatoms. The van der Waals surface area contributed by atoms with Crippen LogP contribution >= 0.6 is 11.8 Å². The maximum Gasteiger partial charge on any atom is 0.189 e. The van der Waals surface area contributed by atoms with Gasteiger partial charge < -0.3 is 0 Å². The Bertz CT molecular complexity index is 286. The number of thioether (sulfide) groups is 1. The van der Waals surface area contributed by atoms with Crippen LogP contribution < -0.4 is 0 Å². The highest BCUT2D eigenvalue weighted by atomic mass is 32.2. The van der Waals surface area contributed by atoms with E-state index < -0.39 is 0 Å². The first-order valence-electron chi connectivity index (χ1n) is 10.6. The number of hydrogen-bond acceptors (Lipinski definition) is 2. The molecule has 0 aliphatic carbocycles. The van der Waals surface area contributed by atoms with Gasteiger partial charge >= 0.3 is 0 Å². The summed E-state index contributed by atoms with van der Waals surface area (Å²) in [5.74, 6) is 0.867. The van der Waals surface area contributed by atoms with Gasteiger partial charge in [0.25, 0.3) is 0 Å². The van der Waals surface area contributed by atoms with Crippen molar-refractivity contribution in [2.45, 2.75) is 117 Å². The molecule has 0 atom stereocenters. The van der Waals surface area contributed by atoms with Gasteiger partial charge in [0.1, 0.15) is 0 Å². The van der Waals surface area contributed by atoms with Gasteiger partial charge in [0.15, 0.2) is 5.12 Å². The molecule has 0 aromatic heterocycles. The van der Waals surface area contributed by atoms with Gasteiger partial charge in [-0.2, -0.15) is 0 Å². The van der Waals surface area contributed by atoms with Gasteiger partial charge in [-0.25, -0.2) is 0 Å². The fourth-order valence-electron chi connectivity index (χ4n) is 2.84. The largest absolute Gasteiger partial charge is 0.287 e. The van der Waals surface area contributed by atoms with E-state index in [0.29, 0.717) is 5.12 Å². The van der Waals surface area contributed by atoms with E-state index in [1.54, 1.807) is 0 Å². The van der Waals surface area contributed by atoms with Crippen LogP contribution in [0.2, 0.25) is 0 Å². The summed E-state index contributed by atoms with van der Waals surface area (Å²) in [6, 6.07) is 0. The highest BCUT2D eigenvalue weighted by molar-refractivity contribution is 8.13. The summed E-state index contributed by atoms with van der Waals surface area (Å²) in [7, 11) is 0. The number of unbranched alkanes of at least 4 members (excludes halogenated alkanes) is 13. The molecule has 0 saturated heterocycles. The zero-order valence-corrected chi connectivity index (χ0v) is 17.3. The third-order valence-electron chi connectivity index (χ3n) is 4.47. The Morgan fingerprint density at radius 2 is 1.17 bits per heavy atom. The van der Waals surface area contributed by atoms with Gasteiger partial charge in [0, 0.05) is 12.2 Å². The first-order valence-corrected chi connectivity index (χ1v) is 11.6. The summed E-state index contributed by atoms with van der Waals surface area (Å²) in [6.07, 6.45) is 25.0. The molecular weight excluding hydrogens is 312 g/mol. The molecule has 0 bridgehead atoms. The first kappa shape index (κ1) is 23.8.